The minimum Gasteiger partial charge on any atom is -0.348 e. The number of halogens is 1. The van der Waals surface area contributed by atoms with Crippen LogP contribution < -0.4 is 16.2 Å². The maximum absolute atomic E-state index is 13.2. The third-order valence-electron chi connectivity index (χ3n) is 5.65. The van der Waals surface area contributed by atoms with E-state index in [4.69, 9.17) is 11.6 Å². The smallest absolute Gasteiger partial charge is 0.291 e. The van der Waals surface area contributed by atoms with Crippen molar-refractivity contribution in [3.05, 3.63) is 98.2 Å². The molecule has 4 aromatic rings. The minimum atomic E-state index is -0.463. The van der Waals surface area contributed by atoms with Crippen LogP contribution in [0.2, 0.25) is 5.02 Å². The molecule has 0 atom stereocenters. The fraction of sp³-hybridized carbons (Fsp3) is 0.200. The maximum Gasteiger partial charge on any atom is 0.291 e. The predicted molar refractivity (Wildman–Crippen MR) is 131 cm³/mol. The SMILES string of the molecule is Cc1ccc(NC(=O)Cn2ncn3c(C)c(C(=O)NCc4ccccc4)c(C)c3c2=O)c(Cl)c1. The van der Waals surface area contributed by atoms with Gasteiger partial charge in [0, 0.05) is 12.2 Å². The van der Waals surface area contributed by atoms with Crippen molar-refractivity contribution in [2.24, 2.45) is 0 Å². The van der Waals surface area contributed by atoms with E-state index in [-0.39, 0.29) is 12.5 Å². The molecule has 0 aliphatic rings. The molecule has 0 bridgehead atoms. The van der Waals surface area contributed by atoms with Gasteiger partial charge in [-0.05, 0) is 49.6 Å². The zero-order valence-corrected chi connectivity index (χ0v) is 19.8. The van der Waals surface area contributed by atoms with Crippen molar-refractivity contribution in [1.82, 2.24) is 19.5 Å². The minimum absolute atomic E-state index is 0.278. The van der Waals surface area contributed by atoms with Gasteiger partial charge in [0.1, 0.15) is 18.4 Å². The van der Waals surface area contributed by atoms with Crippen molar-refractivity contribution in [2.75, 3.05) is 5.32 Å². The van der Waals surface area contributed by atoms with Gasteiger partial charge >= 0.3 is 0 Å². The molecule has 8 nitrogen and oxygen atoms in total. The molecule has 0 unspecified atom stereocenters. The van der Waals surface area contributed by atoms with Gasteiger partial charge in [-0.2, -0.15) is 5.10 Å². The van der Waals surface area contributed by atoms with Crippen LogP contribution in [0.5, 0.6) is 0 Å². The second-order valence-corrected chi connectivity index (χ2v) is 8.50. The molecule has 2 aromatic carbocycles. The number of rotatable bonds is 6. The number of fused-ring (bicyclic) bond motifs is 1. The second kappa shape index (κ2) is 9.52. The summed E-state index contributed by atoms with van der Waals surface area (Å²) in [6.45, 7) is 5.45. The molecule has 0 fully saturated rings. The van der Waals surface area contributed by atoms with Gasteiger partial charge in [-0.15, -0.1) is 0 Å². The van der Waals surface area contributed by atoms with Crippen molar-refractivity contribution >= 4 is 34.6 Å². The Morgan fingerprint density at radius 2 is 1.79 bits per heavy atom. The van der Waals surface area contributed by atoms with Crippen LogP contribution in [0.1, 0.15) is 32.7 Å². The van der Waals surface area contributed by atoms with E-state index >= 15 is 0 Å². The lowest BCUT2D eigenvalue weighted by atomic mass is 10.1. The number of carbonyl (C=O) groups excluding carboxylic acids is 2. The van der Waals surface area contributed by atoms with E-state index in [1.165, 1.54) is 6.33 Å². The molecule has 0 aliphatic heterocycles. The average Bonchev–Trinajstić information content (AvgIpc) is 3.07. The number of hydrogen-bond acceptors (Lipinski definition) is 4. The number of hydrogen-bond donors (Lipinski definition) is 2. The zero-order chi connectivity index (χ0) is 24.4. The highest BCUT2D eigenvalue weighted by Crippen LogP contribution is 2.23. The Morgan fingerprint density at radius 1 is 1.06 bits per heavy atom. The standard InChI is InChI=1S/C25H24ClN5O3/c1-15-9-10-20(19(26)11-15)29-21(32)13-31-25(34)23-16(2)22(17(3)30(23)14-28-31)24(33)27-12-18-7-5-4-6-8-18/h4-11,14H,12-13H2,1-3H3,(H,27,33)(H,29,32). The van der Waals surface area contributed by atoms with E-state index in [9.17, 15) is 14.4 Å². The highest BCUT2D eigenvalue weighted by Gasteiger charge is 2.22. The van der Waals surface area contributed by atoms with Crippen LogP contribution in [0.4, 0.5) is 5.69 Å². The fourth-order valence-electron chi connectivity index (χ4n) is 3.92. The first-order chi connectivity index (χ1) is 16.3. The van der Waals surface area contributed by atoms with Gasteiger partial charge in [0.25, 0.3) is 11.5 Å². The lowest BCUT2D eigenvalue weighted by Crippen LogP contribution is -2.31. The lowest BCUT2D eigenvalue weighted by molar-refractivity contribution is -0.117. The largest absolute Gasteiger partial charge is 0.348 e. The lowest BCUT2D eigenvalue weighted by Gasteiger charge is -2.09. The first-order valence-electron chi connectivity index (χ1n) is 10.7. The van der Waals surface area contributed by atoms with Crippen molar-refractivity contribution in [3.8, 4) is 0 Å². The molecule has 4 rings (SSSR count). The third-order valence-corrected chi connectivity index (χ3v) is 5.97. The predicted octanol–water partition coefficient (Wildman–Crippen LogP) is 3.64. The molecule has 0 spiro atoms. The molecule has 0 radical (unpaired) electrons. The number of anilines is 1. The van der Waals surface area contributed by atoms with Crippen LogP contribution in [-0.2, 0) is 17.9 Å². The molecule has 0 saturated carbocycles. The molecule has 2 aromatic heterocycles. The van der Waals surface area contributed by atoms with Gasteiger partial charge in [0.05, 0.1) is 16.3 Å². The topological polar surface area (TPSA) is 97.5 Å². The van der Waals surface area contributed by atoms with E-state index < -0.39 is 11.5 Å². The Kier molecular flexibility index (Phi) is 6.51. The number of amides is 2. The summed E-state index contributed by atoms with van der Waals surface area (Å²) in [5.74, 6) is -0.716. The van der Waals surface area contributed by atoms with Crippen LogP contribution in [0, 0.1) is 20.8 Å². The Hall–Kier alpha value is -3.91. The highest BCUT2D eigenvalue weighted by molar-refractivity contribution is 6.33. The Bertz CT molecular complexity index is 1460. The van der Waals surface area contributed by atoms with E-state index in [2.05, 4.69) is 15.7 Å². The van der Waals surface area contributed by atoms with E-state index in [1.54, 1.807) is 30.4 Å². The summed E-state index contributed by atoms with van der Waals surface area (Å²) in [6, 6.07) is 14.8. The quantitative estimate of drug-likeness (QED) is 0.443. The molecule has 174 valence electrons. The molecular formula is C25H24ClN5O3. The Labute approximate surface area is 201 Å². The van der Waals surface area contributed by atoms with Gasteiger partial charge in [-0.1, -0.05) is 48.0 Å². The Balaban J connectivity index is 1.58. The molecule has 9 heteroatoms. The first-order valence-corrected chi connectivity index (χ1v) is 11.1. The van der Waals surface area contributed by atoms with Gasteiger partial charge < -0.3 is 10.6 Å². The van der Waals surface area contributed by atoms with E-state index in [0.29, 0.717) is 39.6 Å². The highest BCUT2D eigenvalue weighted by atomic mass is 35.5. The number of aromatic nitrogens is 3. The molecular weight excluding hydrogens is 454 g/mol. The number of benzene rings is 2. The zero-order valence-electron chi connectivity index (χ0n) is 19.1. The number of nitrogens with zero attached hydrogens (tertiary/aromatic N) is 3. The molecule has 2 heterocycles. The first kappa shape index (κ1) is 23.3. The number of nitrogens with one attached hydrogen (secondary N) is 2. The van der Waals surface area contributed by atoms with Crippen LogP contribution in [0.3, 0.4) is 0 Å². The molecule has 0 aliphatic carbocycles. The summed E-state index contributed by atoms with van der Waals surface area (Å²) in [5.41, 5.74) is 3.79. The molecule has 2 amide bonds. The van der Waals surface area contributed by atoms with Crippen molar-refractivity contribution in [2.45, 2.75) is 33.9 Å². The summed E-state index contributed by atoms with van der Waals surface area (Å²) in [4.78, 5) is 38.6. The summed E-state index contributed by atoms with van der Waals surface area (Å²) in [5, 5.41) is 10.1. The average molecular weight is 478 g/mol. The van der Waals surface area contributed by atoms with Crippen molar-refractivity contribution in [3.63, 3.8) is 0 Å². The van der Waals surface area contributed by atoms with Gasteiger partial charge in [-0.3, -0.25) is 18.8 Å². The van der Waals surface area contributed by atoms with Crippen LogP contribution >= 0.6 is 11.6 Å². The van der Waals surface area contributed by atoms with E-state index in [1.807, 2.05) is 43.3 Å². The van der Waals surface area contributed by atoms with Gasteiger partial charge in [0.2, 0.25) is 5.91 Å². The summed E-state index contributed by atoms with van der Waals surface area (Å²) >= 11 is 6.18. The normalized spacial score (nSPS) is 10.9. The van der Waals surface area contributed by atoms with Gasteiger partial charge in [-0.25, -0.2) is 4.68 Å². The van der Waals surface area contributed by atoms with Crippen LogP contribution in [0.25, 0.3) is 5.52 Å². The maximum atomic E-state index is 13.2. The number of carbonyl (C=O) groups is 2. The summed E-state index contributed by atoms with van der Waals surface area (Å²) < 4.78 is 2.66. The molecule has 0 saturated heterocycles. The van der Waals surface area contributed by atoms with E-state index in [0.717, 1.165) is 15.8 Å². The molecule has 2 N–H and O–H groups in total. The molecule has 34 heavy (non-hydrogen) atoms. The summed E-state index contributed by atoms with van der Waals surface area (Å²) in [7, 11) is 0. The third kappa shape index (κ3) is 4.58. The van der Waals surface area contributed by atoms with Gasteiger partial charge in [0.15, 0.2) is 0 Å². The van der Waals surface area contributed by atoms with Crippen LogP contribution in [-0.4, -0.2) is 26.0 Å². The fourth-order valence-corrected chi connectivity index (χ4v) is 4.20. The van der Waals surface area contributed by atoms with Crippen LogP contribution in [0.15, 0.2) is 59.7 Å². The second-order valence-electron chi connectivity index (χ2n) is 8.10. The monoisotopic (exact) mass is 477 g/mol. The summed E-state index contributed by atoms with van der Waals surface area (Å²) in [6.07, 6.45) is 1.44. The number of aryl methyl sites for hydroxylation is 3. The van der Waals surface area contributed by atoms with Crippen molar-refractivity contribution < 1.29 is 9.59 Å². The van der Waals surface area contributed by atoms with Crippen molar-refractivity contribution in [1.29, 1.82) is 0 Å². The Morgan fingerprint density at radius 3 is 2.50 bits per heavy atom.